The van der Waals surface area contributed by atoms with E-state index in [1.54, 1.807) is 37.8 Å². The number of nitrogens with zero attached hydrogens (tertiary/aromatic N) is 1. The highest BCUT2D eigenvalue weighted by Gasteiger charge is 2.36. The van der Waals surface area contributed by atoms with Crippen molar-refractivity contribution in [2.24, 2.45) is 0 Å². The summed E-state index contributed by atoms with van der Waals surface area (Å²) in [7, 11) is 0. The molecule has 230 valence electrons. The highest BCUT2D eigenvalue weighted by Crippen LogP contribution is 2.27. The zero-order valence-corrected chi connectivity index (χ0v) is 25.9. The van der Waals surface area contributed by atoms with Crippen molar-refractivity contribution in [3.05, 3.63) is 101 Å². The maximum atomic E-state index is 14.5. The molecule has 0 heterocycles. The van der Waals surface area contributed by atoms with E-state index < -0.39 is 29.7 Å². The summed E-state index contributed by atoms with van der Waals surface area (Å²) in [6, 6.07) is 21.7. The van der Waals surface area contributed by atoms with Gasteiger partial charge in [0.2, 0.25) is 11.8 Å². The van der Waals surface area contributed by atoms with Crippen LogP contribution in [0.3, 0.4) is 0 Å². The number of aryl methyl sites for hydroxylation is 1. The molecule has 8 nitrogen and oxygen atoms in total. The first-order valence-corrected chi connectivity index (χ1v) is 14.9. The minimum absolute atomic E-state index is 0.0997. The molecule has 3 rings (SSSR count). The number of benzene rings is 3. The van der Waals surface area contributed by atoms with Gasteiger partial charge in [-0.1, -0.05) is 86.5 Å². The van der Waals surface area contributed by atoms with E-state index in [2.05, 4.69) is 17.6 Å². The zero-order valence-electron chi connectivity index (χ0n) is 25.9. The molecule has 0 saturated carbocycles. The standard InChI is InChI=1S/C35H45N3O5/c1-6-7-13-22-38(31(29-17-12-11-14-25(29)2)32(40)36-24-27-15-9-8-10-16-27)33(41)30(37-34(42)43-35(3,4)5)23-26-18-20-28(39)21-19-26/h8-12,14-21,30-31,39H,6-7,13,22-24H2,1-5H3,(H,36,40)(H,37,42). The molecule has 3 aromatic rings. The van der Waals surface area contributed by atoms with Crippen LogP contribution in [0.1, 0.15) is 75.3 Å². The number of carbonyl (C=O) groups is 3. The third-order valence-corrected chi connectivity index (χ3v) is 7.00. The van der Waals surface area contributed by atoms with E-state index in [-0.39, 0.29) is 18.1 Å². The minimum Gasteiger partial charge on any atom is -0.508 e. The Bertz CT molecular complexity index is 1340. The van der Waals surface area contributed by atoms with Gasteiger partial charge in [-0.05, 0) is 68.5 Å². The summed E-state index contributed by atoms with van der Waals surface area (Å²) in [5.74, 6) is -0.593. The number of nitrogens with one attached hydrogen (secondary N) is 2. The normalized spacial score (nSPS) is 12.6. The van der Waals surface area contributed by atoms with E-state index in [1.807, 2.05) is 61.5 Å². The fraction of sp³-hybridized carbons (Fsp3) is 0.400. The number of hydrogen-bond acceptors (Lipinski definition) is 5. The van der Waals surface area contributed by atoms with Crippen molar-refractivity contribution in [3.8, 4) is 5.75 Å². The first-order valence-electron chi connectivity index (χ1n) is 14.9. The molecule has 0 aromatic heterocycles. The van der Waals surface area contributed by atoms with Gasteiger partial charge in [-0.15, -0.1) is 0 Å². The lowest BCUT2D eigenvalue weighted by atomic mass is 9.96. The van der Waals surface area contributed by atoms with Gasteiger partial charge in [-0.3, -0.25) is 9.59 Å². The number of ether oxygens (including phenoxy) is 1. The molecule has 0 radical (unpaired) electrons. The van der Waals surface area contributed by atoms with Crippen molar-refractivity contribution in [1.82, 2.24) is 15.5 Å². The Morgan fingerprint density at radius 3 is 2.16 bits per heavy atom. The molecule has 3 aromatic carbocycles. The smallest absolute Gasteiger partial charge is 0.408 e. The first kappa shape index (κ1) is 33.2. The van der Waals surface area contributed by atoms with E-state index in [4.69, 9.17) is 4.74 Å². The van der Waals surface area contributed by atoms with Gasteiger partial charge in [-0.25, -0.2) is 4.79 Å². The fourth-order valence-electron chi connectivity index (χ4n) is 4.84. The van der Waals surface area contributed by atoms with Gasteiger partial charge in [0.15, 0.2) is 0 Å². The van der Waals surface area contributed by atoms with Gasteiger partial charge in [0.05, 0.1) is 0 Å². The lowest BCUT2D eigenvalue weighted by Gasteiger charge is -2.35. The quantitative estimate of drug-likeness (QED) is 0.206. The van der Waals surface area contributed by atoms with E-state index >= 15 is 0 Å². The lowest BCUT2D eigenvalue weighted by Crippen LogP contribution is -2.54. The highest BCUT2D eigenvalue weighted by atomic mass is 16.6. The molecule has 0 fully saturated rings. The highest BCUT2D eigenvalue weighted by molar-refractivity contribution is 5.92. The number of rotatable bonds is 13. The number of phenolic OH excluding ortho intramolecular Hbond substituents is 1. The summed E-state index contributed by atoms with van der Waals surface area (Å²) in [5.41, 5.74) is 2.52. The average Bonchev–Trinajstić information content (AvgIpc) is 2.96. The van der Waals surface area contributed by atoms with E-state index in [0.29, 0.717) is 19.5 Å². The number of amides is 3. The van der Waals surface area contributed by atoms with Crippen LogP contribution in [-0.4, -0.2) is 46.1 Å². The van der Waals surface area contributed by atoms with Crippen molar-refractivity contribution in [3.63, 3.8) is 0 Å². The molecular formula is C35H45N3O5. The number of hydrogen-bond donors (Lipinski definition) is 3. The second kappa shape index (κ2) is 15.8. The van der Waals surface area contributed by atoms with Gasteiger partial charge in [-0.2, -0.15) is 0 Å². The predicted molar refractivity (Wildman–Crippen MR) is 168 cm³/mol. The fourth-order valence-corrected chi connectivity index (χ4v) is 4.84. The van der Waals surface area contributed by atoms with Crippen LogP contribution in [0.4, 0.5) is 4.79 Å². The van der Waals surface area contributed by atoms with Crippen LogP contribution in [0.5, 0.6) is 5.75 Å². The summed E-state index contributed by atoms with van der Waals surface area (Å²) < 4.78 is 5.51. The van der Waals surface area contributed by atoms with Crippen molar-refractivity contribution in [2.75, 3.05) is 6.54 Å². The molecule has 0 spiro atoms. The van der Waals surface area contributed by atoms with E-state index in [1.165, 1.54) is 12.1 Å². The van der Waals surface area contributed by atoms with Gasteiger partial charge in [0, 0.05) is 19.5 Å². The van der Waals surface area contributed by atoms with Crippen molar-refractivity contribution in [2.45, 2.75) is 84.5 Å². The molecule has 3 N–H and O–H groups in total. The van der Waals surface area contributed by atoms with E-state index in [0.717, 1.165) is 35.1 Å². The number of unbranched alkanes of at least 4 members (excludes halogenated alkanes) is 2. The third kappa shape index (κ3) is 10.5. The summed E-state index contributed by atoms with van der Waals surface area (Å²) in [6.07, 6.45) is 1.92. The summed E-state index contributed by atoms with van der Waals surface area (Å²) in [5, 5.41) is 15.6. The largest absolute Gasteiger partial charge is 0.508 e. The molecular weight excluding hydrogens is 542 g/mol. The monoisotopic (exact) mass is 587 g/mol. The topological polar surface area (TPSA) is 108 Å². The summed E-state index contributed by atoms with van der Waals surface area (Å²) >= 11 is 0. The lowest BCUT2D eigenvalue weighted by molar-refractivity contribution is -0.142. The number of phenols is 1. The van der Waals surface area contributed by atoms with Crippen LogP contribution in [0.15, 0.2) is 78.9 Å². The molecule has 8 heteroatoms. The maximum Gasteiger partial charge on any atom is 0.408 e. The molecule has 0 saturated heterocycles. The number of aromatic hydroxyl groups is 1. The van der Waals surface area contributed by atoms with Crippen LogP contribution in [-0.2, 0) is 27.3 Å². The maximum absolute atomic E-state index is 14.5. The van der Waals surface area contributed by atoms with Crippen molar-refractivity contribution < 1.29 is 24.2 Å². The second-order valence-electron chi connectivity index (χ2n) is 11.8. The van der Waals surface area contributed by atoms with Crippen LogP contribution in [0.25, 0.3) is 0 Å². The number of carbonyl (C=O) groups excluding carboxylic acids is 3. The predicted octanol–water partition coefficient (Wildman–Crippen LogP) is 6.21. The summed E-state index contributed by atoms with van der Waals surface area (Å²) in [4.78, 5) is 43.1. The Kier molecular flexibility index (Phi) is 12.2. The van der Waals surface area contributed by atoms with Gasteiger partial charge < -0.3 is 25.4 Å². The molecule has 0 aliphatic rings. The molecule has 43 heavy (non-hydrogen) atoms. The Labute approximate surface area is 255 Å². The second-order valence-corrected chi connectivity index (χ2v) is 11.8. The third-order valence-electron chi connectivity index (χ3n) is 7.00. The minimum atomic E-state index is -1.02. The molecule has 0 aliphatic heterocycles. The Morgan fingerprint density at radius 2 is 1.53 bits per heavy atom. The Morgan fingerprint density at radius 1 is 0.884 bits per heavy atom. The molecule has 0 aliphatic carbocycles. The Hall–Kier alpha value is -4.33. The van der Waals surface area contributed by atoms with Crippen LogP contribution < -0.4 is 10.6 Å². The van der Waals surface area contributed by atoms with Crippen LogP contribution >= 0.6 is 0 Å². The molecule has 2 atom stereocenters. The van der Waals surface area contributed by atoms with Gasteiger partial charge in [0.1, 0.15) is 23.4 Å². The number of alkyl carbamates (subject to hydrolysis) is 1. The molecule has 0 bridgehead atoms. The molecule has 2 unspecified atom stereocenters. The average molecular weight is 588 g/mol. The van der Waals surface area contributed by atoms with E-state index in [9.17, 15) is 19.5 Å². The van der Waals surface area contributed by atoms with Crippen LogP contribution in [0.2, 0.25) is 0 Å². The van der Waals surface area contributed by atoms with Gasteiger partial charge >= 0.3 is 6.09 Å². The van der Waals surface area contributed by atoms with Crippen molar-refractivity contribution >= 4 is 17.9 Å². The Balaban J connectivity index is 2.03. The van der Waals surface area contributed by atoms with Crippen LogP contribution in [0, 0.1) is 6.92 Å². The molecule has 3 amide bonds. The summed E-state index contributed by atoms with van der Waals surface area (Å²) in [6.45, 7) is 9.91. The SMILES string of the molecule is CCCCCN(C(=O)C(Cc1ccc(O)cc1)NC(=O)OC(C)(C)C)C(C(=O)NCc1ccccc1)c1ccccc1C. The zero-order chi connectivity index (χ0) is 31.4. The first-order chi connectivity index (χ1) is 20.5. The van der Waals surface area contributed by atoms with Crippen molar-refractivity contribution in [1.29, 1.82) is 0 Å². The van der Waals surface area contributed by atoms with Gasteiger partial charge in [0.25, 0.3) is 0 Å².